The summed E-state index contributed by atoms with van der Waals surface area (Å²) in [5.41, 5.74) is 11.1. The zero-order valence-electron chi connectivity index (χ0n) is 9.30. The number of hydrogen-bond donors (Lipinski definition) is 3. The number of aromatic nitrogens is 1. The first-order chi connectivity index (χ1) is 7.49. The molecule has 7 heteroatoms. The molecule has 6 nitrogen and oxygen atoms in total. The predicted molar refractivity (Wildman–Crippen MR) is 64.6 cm³/mol. The number of nitrogen functional groups attached to an aromatic ring is 1. The van der Waals surface area contributed by atoms with Crippen molar-refractivity contribution in [3.05, 3.63) is 5.56 Å². The van der Waals surface area contributed by atoms with E-state index in [1.165, 1.54) is 0 Å². The van der Waals surface area contributed by atoms with Gasteiger partial charge in [-0.25, -0.2) is 0 Å². The number of hydrogen-bond acceptors (Lipinski definition) is 6. The number of nitrogens with zero attached hydrogens (tertiary/aromatic N) is 2. The highest BCUT2D eigenvalue weighted by Crippen LogP contribution is 2.31. The number of aliphatic hydroxyl groups is 1. The molecule has 5 N–H and O–H groups in total. The molecule has 16 heavy (non-hydrogen) atoms. The maximum atomic E-state index is 11.3. The van der Waals surface area contributed by atoms with E-state index < -0.39 is 5.91 Å². The molecule has 0 saturated carbocycles. The lowest BCUT2D eigenvalue weighted by Gasteiger charge is -2.26. The van der Waals surface area contributed by atoms with Gasteiger partial charge < -0.3 is 21.5 Å². The van der Waals surface area contributed by atoms with E-state index in [9.17, 15) is 4.79 Å². The summed E-state index contributed by atoms with van der Waals surface area (Å²) in [6, 6.07) is 0.130. The highest BCUT2D eigenvalue weighted by atomic mass is 32.1. The quantitative estimate of drug-likeness (QED) is 0.677. The van der Waals surface area contributed by atoms with Crippen LogP contribution in [0, 0.1) is 0 Å². The Labute approximate surface area is 98.0 Å². The van der Waals surface area contributed by atoms with Gasteiger partial charge in [-0.3, -0.25) is 4.79 Å². The fourth-order valence-electron chi connectivity index (χ4n) is 1.42. The third-order valence-electron chi connectivity index (χ3n) is 2.17. The van der Waals surface area contributed by atoms with Crippen LogP contribution in [0.5, 0.6) is 0 Å². The van der Waals surface area contributed by atoms with Crippen LogP contribution in [0.1, 0.15) is 24.2 Å². The van der Waals surface area contributed by atoms with Crippen molar-refractivity contribution in [2.45, 2.75) is 19.9 Å². The van der Waals surface area contributed by atoms with E-state index in [2.05, 4.69) is 4.37 Å². The van der Waals surface area contributed by atoms with E-state index in [1.54, 1.807) is 0 Å². The molecule has 0 bridgehead atoms. The molecule has 0 aliphatic carbocycles. The van der Waals surface area contributed by atoms with Crippen molar-refractivity contribution in [3.8, 4) is 0 Å². The van der Waals surface area contributed by atoms with Crippen molar-refractivity contribution in [2.75, 3.05) is 23.8 Å². The van der Waals surface area contributed by atoms with Crippen molar-refractivity contribution in [1.29, 1.82) is 0 Å². The predicted octanol–water partition coefficient (Wildman–Crippen LogP) is 0.0313. The lowest BCUT2D eigenvalue weighted by molar-refractivity contribution is 0.100. The molecule has 0 aliphatic heterocycles. The molecule has 0 saturated heterocycles. The van der Waals surface area contributed by atoms with E-state index in [0.29, 0.717) is 11.5 Å². The van der Waals surface area contributed by atoms with Gasteiger partial charge in [-0.05, 0) is 25.4 Å². The number of primary amides is 1. The van der Waals surface area contributed by atoms with Crippen molar-refractivity contribution < 1.29 is 9.90 Å². The maximum absolute atomic E-state index is 11.3. The van der Waals surface area contributed by atoms with Crippen LogP contribution in [0.4, 0.5) is 10.8 Å². The van der Waals surface area contributed by atoms with Gasteiger partial charge in [-0.2, -0.15) is 4.37 Å². The van der Waals surface area contributed by atoms with Crippen LogP contribution in [0.3, 0.4) is 0 Å². The minimum atomic E-state index is -0.593. The summed E-state index contributed by atoms with van der Waals surface area (Å²) in [4.78, 5) is 13.1. The molecule has 90 valence electrons. The second-order valence-electron chi connectivity index (χ2n) is 3.62. The lowest BCUT2D eigenvalue weighted by Crippen LogP contribution is -2.34. The molecule has 0 spiro atoms. The molecule has 1 aromatic heterocycles. The first-order valence-corrected chi connectivity index (χ1v) is 5.68. The van der Waals surface area contributed by atoms with Gasteiger partial charge in [0.05, 0.1) is 6.61 Å². The number of anilines is 2. The molecule has 1 rings (SSSR count). The Morgan fingerprint density at radius 2 is 2.25 bits per heavy atom. The molecule has 0 aliphatic rings. The monoisotopic (exact) mass is 244 g/mol. The minimum Gasteiger partial charge on any atom is -0.395 e. The number of aliphatic hydroxyl groups excluding tert-OH is 1. The molecule has 0 aromatic carbocycles. The fraction of sp³-hybridized carbons (Fsp3) is 0.556. The minimum absolute atomic E-state index is 0.00577. The summed E-state index contributed by atoms with van der Waals surface area (Å²) in [6.07, 6.45) is 0. The van der Waals surface area contributed by atoms with Gasteiger partial charge in [0.2, 0.25) is 0 Å². The summed E-state index contributed by atoms with van der Waals surface area (Å²) in [7, 11) is 0. The van der Waals surface area contributed by atoms with Gasteiger partial charge in [-0.1, -0.05) is 0 Å². The van der Waals surface area contributed by atoms with Crippen molar-refractivity contribution in [2.24, 2.45) is 5.73 Å². The maximum Gasteiger partial charge on any atom is 0.255 e. The average Bonchev–Trinajstić information content (AvgIpc) is 2.55. The summed E-state index contributed by atoms with van der Waals surface area (Å²) >= 11 is 1.12. The Morgan fingerprint density at radius 3 is 2.69 bits per heavy atom. The summed E-state index contributed by atoms with van der Waals surface area (Å²) in [6.45, 7) is 4.32. The van der Waals surface area contributed by atoms with Crippen LogP contribution in [0.15, 0.2) is 0 Å². The molecular formula is C9H16N4O2S. The van der Waals surface area contributed by atoms with Crippen LogP contribution in [-0.2, 0) is 0 Å². The van der Waals surface area contributed by atoms with Gasteiger partial charge in [-0.15, -0.1) is 0 Å². The number of carbonyl (C=O) groups excluding carboxylic acids is 1. The molecule has 1 aromatic rings. The Bertz CT molecular complexity index is 378. The van der Waals surface area contributed by atoms with Crippen molar-refractivity contribution in [3.63, 3.8) is 0 Å². The second-order valence-corrected chi connectivity index (χ2v) is 4.37. The summed E-state index contributed by atoms with van der Waals surface area (Å²) in [5, 5.41) is 9.60. The molecule has 0 radical (unpaired) electrons. The van der Waals surface area contributed by atoms with E-state index >= 15 is 0 Å². The van der Waals surface area contributed by atoms with Crippen LogP contribution in [0.2, 0.25) is 0 Å². The van der Waals surface area contributed by atoms with E-state index in [-0.39, 0.29) is 24.0 Å². The largest absolute Gasteiger partial charge is 0.395 e. The zero-order chi connectivity index (χ0) is 12.3. The normalized spacial score (nSPS) is 10.8. The summed E-state index contributed by atoms with van der Waals surface area (Å²) < 4.78 is 3.92. The zero-order valence-corrected chi connectivity index (χ0v) is 10.1. The van der Waals surface area contributed by atoms with E-state index in [4.69, 9.17) is 16.6 Å². The average molecular weight is 244 g/mol. The van der Waals surface area contributed by atoms with Crippen molar-refractivity contribution in [1.82, 2.24) is 4.37 Å². The van der Waals surface area contributed by atoms with Gasteiger partial charge in [0.25, 0.3) is 5.91 Å². The van der Waals surface area contributed by atoms with Gasteiger partial charge in [0.1, 0.15) is 10.6 Å². The number of carbonyl (C=O) groups is 1. The second kappa shape index (κ2) is 5.13. The SMILES string of the molecule is CC(C)N(CCO)c1snc(N)c1C(N)=O. The standard InChI is InChI=1S/C9H16N4O2S/c1-5(2)13(3-4-14)9-6(8(11)15)7(10)12-16-9/h5,14H,3-4H2,1-2H3,(H2,10,12)(H2,11,15). The molecule has 1 amide bonds. The Hall–Kier alpha value is -1.34. The van der Waals surface area contributed by atoms with E-state index in [0.717, 1.165) is 11.5 Å². The topological polar surface area (TPSA) is 105 Å². The smallest absolute Gasteiger partial charge is 0.255 e. The molecule has 0 atom stereocenters. The lowest BCUT2D eigenvalue weighted by atomic mass is 10.2. The first-order valence-electron chi connectivity index (χ1n) is 4.91. The van der Waals surface area contributed by atoms with Crippen LogP contribution in [-0.4, -0.2) is 34.6 Å². The number of rotatable bonds is 5. The Morgan fingerprint density at radius 1 is 1.62 bits per heavy atom. The van der Waals surface area contributed by atoms with Gasteiger partial charge in [0, 0.05) is 12.6 Å². The van der Waals surface area contributed by atoms with Crippen LogP contribution >= 0.6 is 11.5 Å². The number of amides is 1. The third-order valence-corrected chi connectivity index (χ3v) is 3.07. The van der Waals surface area contributed by atoms with Crippen molar-refractivity contribution >= 4 is 28.3 Å². The number of nitrogens with two attached hydrogens (primary N) is 2. The van der Waals surface area contributed by atoms with Gasteiger partial charge >= 0.3 is 0 Å². The fourth-order valence-corrected chi connectivity index (χ4v) is 2.40. The van der Waals surface area contributed by atoms with Crippen LogP contribution in [0.25, 0.3) is 0 Å². The molecular weight excluding hydrogens is 228 g/mol. The molecule has 0 fully saturated rings. The molecule has 0 unspecified atom stereocenters. The first kappa shape index (κ1) is 12.7. The highest BCUT2D eigenvalue weighted by Gasteiger charge is 2.22. The Balaban J connectivity index is 3.14. The van der Waals surface area contributed by atoms with Gasteiger partial charge in [0.15, 0.2) is 5.82 Å². The Kier molecular flexibility index (Phi) is 4.08. The van der Waals surface area contributed by atoms with E-state index in [1.807, 2.05) is 18.7 Å². The summed E-state index contributed by atoms with van der Waals surface area (Å²) in [5.74, 6) is -0.444. The third kappa shape index (κ3) is 2.42. The highest BCUT2D eigenvalue weighted by molar-refractivity contribution is 7.11. The van der Waals surface area contributed by atoms with Crippen LogP contribution < -0.4 is 16.4 Å². The molecule has 1 heterocycles.